The first-order valence-electron chi connectivity index (χ1n) is 7.71. The van der Waals surface area contributed by atoms with Gasteiger partial charge in [-0.1, -0.05) is 13.8 Å². The van der Waals surface area contributed by atoms with Crippen molar-refractivity contribution in [3.8, 4) is 0 Å². The van der Waals surface area contributed by atoms with Crippen LogP contribution < -0.4 is 0 Å². The van der Waals surface area contributed by atoms with Gasteiger partial charge in [0.05, 0.1) is 6.61 Å². The zero-order chi connectivity index (χ0) is 16.0. The molecule has 122 valence electrons. The van der Waals surface area contributed by atoms with Gasteiger partial charge in [-0.15, -0.1) is 0 Å². The van der Waals surface area contributed by atoms with Crippen molar-refractivity contribution in [2.75, 3.05) is 26.8 Å². The van der Waals surface area contributed by atoms with E-state index in [1.165, 1.54) is 4.90 Å². The molecular weight excluding hydrogens is 272 g/mol. The van der Waals surface area contributed by atoms with E-state index < -0.39 is 12.0 Å². The van der Waals surface area contributed by atoms with Crippen LogP contribution in [0.15, 0.2) is 0 Å². The standard InChI is InChI=1S/C15H28N2O4/c1-5-12(3)16(8-9-21-4)15(20)17-7-6-11(2)10-13(17)14(18)19/h11-13H,5-10H2,1-4H3,(H,18,19). The van der Waals surface area contributed by atoms with Crippen molar-refractivity contribution in [2.45, 2.75) is 52.1 Å². The molecule has 6 nitrogen and oxygen atoms in total. The fourth-order valence-corrected chi connectivity index (χ4v) is 2.68. The number of aliphatic carboxylic acids is 1. The third-order valence-corrected chi connectivity index (χ3v) is 4.30. The summed E-state index contributed by atoms with van der Waals surface area (Å²) in [6.45, 7) is 7.49. The fraction of sp³-hybridized carbons (Fsp3) is 0.867. The number of carbonyl (C=O) groups is 2. The summed E-state index contributed by atoms with van der Waals surface area (Å²) in [4.78, 5) is 27.5. The van der Waals surface area contributed by atoms with Crippen LogP contribution in [0.25, 0.3) is 0 Å². The molecule has 1 aliphatic heterocycles. The smallest absolute Gasteiger partial charge is 0.326 e. The lowest BCUT2D eigenvalue weighted by Gasteiger charge is -2.40. The molecule has 0 spiro atoms. The molecule has 1 fully saturated rings. The molecule has 0 saturated carbocycles. The Morgan fingerprint density at radius 3 is 2.67 bits per heavy atom. The highest BCUT2D eigenvalue weighted by Crippen LogP contribution is 2.24. The first-order valence-corrected chi connectivity index (χ1v) is 7.71. The van der Waals surface area contributed by atoms with Gasteiger partial charge in [0.1, 0.15) is 6.04 Å². The van der Waals surface area contributed by atoms with Crippen LogP contribution in [0.4, 0.5) is 4.79 Å². The van der Waals surface area contributed by atoms with E-state index in [1.54, 1.807) is 12.0 Å². The maximum absolute atomic E-state index is 12.8. The minimum absolute atomic E-state index is 0.0708. The highest BCUT2D eigenvalue weighted by atomic mass is 16.5. The Bertz CT molecular complexity index is 362. The Labute approximate surface area is 127 Å². The van der Waals surface area contributed by atoms with Gasteiger partial charge in [0.2, 0.25) is 0 Å². The quantitative estimate of drug-likeness (QED) is 0.815. The van der Waals surface area contributed by atoms with Crippen LogP contribution in [0.3, 0.4) is 0 Å². The largest absolute Gasteiger partial charge is 0.480 e. The summed E-state index contributed by atoms with van der Waals surface area (Å²) < 4.78 is 5.07. The highest BCUT2D eigenvalue weighted by molar-refractivity contribution is 5.83. The zero-order valence-electron chi connectivity index (χ0n) is 13.5. The summed E-state index contributed by atoms with van der Waals surface area (Å²) in [5.74, 6) is -0.572. The second-order valence-corrected chi connectivity index (χ2v) is 5.90. The minimum atomic E-state index is -0.911. The van der Waals surface area contributed by atoms with Crippen molar-refractivity contribution in [2.24, 2.45) is 5.92 Å². The maximum atomic E-state index is 12.8. The van der Waals surface area contributed by atoms with Gasteiger partial charge in [-0.05, 0) is 32.1 Å². The van der Waals surface area contributed by atoms with Crippen LogP contribution in [-0.4, -0.2) is 65.8 Å². The SMILES string of the molecule is CCC(C)N(CCOC)C(=O)N1CCC(C)CC1C(=O)O. The Morgan fingerprint density at radius 2 is 2.14 bits per heavy atom. The number of methoxy groups -OCH3 is 1. The van der Waals surface area contributed by atoms with E-state index in [9.17, 15) is 14.7 Å². The Hall–Kier alpha value is -1.30. The van der Waals surface area contributed by atoms with Crippen LogP contribution in [0.2, 0.25) is 0 Å². The van der Waals surface area contributed by atoms with Crippen LogP contribution >= 0.6 is 0 Å². The van der Waals surface area contributed by atoms with E-state index in [0.29, 0.717) is 32.0 Å². The molecule has 0 aromatic rings. The van der Waals surface area contributed by atoms with Gasteiger partial charge in [-0.3, -0.25) is 0 Å². The van der Waals surface area contributed by atoms with Gasteiger partial charge in [0, 0.05) is 26.2 Å². The van der Waals surface area contributed by atoms with Gasteiger partial charge < -0.3 is 19.6 Å². The highest BCUT2D eigenvalue weighted by Gasteiger charge is 2.37. The Balaban J connectivity index is 2.86. The van der Waals surface area contributed by atoms with Gasteiger partial charge in [0.15, 0.2) is 0 Å². The Kier molecular flexibility index (Phi) is 6.95. The summed E-state index contributed by atoms with van der Waals surface area (Å²) in [5.41, 5.74) is 0. The number of amides is 2. The lowest BCUT2D eigenvalue weighted by Crippen LogP contribution is -2.56. The van der Waals surface area contributed by atoms with E-state index in [4.69, 9.17) is 4.74 Å². The van der Waals surface area contributed by atoms with Crippen LogP contribution in [0.5, 0.6) is 0 Å². The molecule has 0 bridgehead atoms. The molecule has 2 amide bonds. The average Bonchev–Trinajstić information content (AvgIpc) is 2.46. The minimum Gasteiger partial charge on any atom is -0.480 e. The van der Waals surface area contributed by atoms with E-state index in [2.05, 4.69) is 0 Å². The monoisotopic (exact) mass is 300 g/mol. The number of hydrogen-bond donors (Lipinski definition) is 1. The molecule has 21 heavy (non-hydrogen) atoms. The van der Waals surface area contributed by atoms with E-state index >= 15 is 0 Å². The molecular formula is C15H28N2O4. The number of likely N-dealkylation sites (tertiary alicyclic amines) is 1. The lowest BCUT2D eigenvalue weighted by molar-refractivity contribution is -0.144. The predicted octanol–water partition coefficient (Wildman–Crippen LogP) is 2.04. The summed E-state index contributed by atoms with van der Waals surface area (Å²) in [6, 6.07) is -0.822. The normalized spacial score (nSPS) is 23.7. The van der Waals surface area contributed by atoms with Gasteiger partial charge in [-0.25, -0.2) is 9.59 Å². The van der Waals surface area contributed by atoms with Crippen LogP contribution in [0.1, 0.15) is 40.0 Å². The second kappa shape index (κ2) is 8.22. The summed E-state index contributed by atoms with van der Waals surface area (Å²) >= 11 is 0. The first kappa shape index (κ1) is 17.8. The molecule has 1 N–H and O–H groups in total. The van der Waals surface area contributed by atoms with E-state index in [1.807, 2.05) is 20.8 Å². The number of carboxylic acid groups (broad SMARTS) is 1. The fourth-order valence-electron chi connectivity index (χ4n) is 2.68. The van der Waals surface area contributed by atoms with Gasteiger partial charge in [-0.2, -0.15) is 0 Å². The van der Waals surface area contributed by atoms with E-state index in [-0.39, 0.29) is 12.1 Å². The molecule has 0 radical (unpaired) electrons. The molecule has 3 unspecified atom stereocenters. The number of piperidine rings is 1. The van der Waals surface area contributed by atoms with Crippen molar-refractivity contribution in [1.29, 1.82) is 0 Å². The number of hydrogen-bond acceptors (Lipinski definition) is 3. The molecule has 0 aromatic carbocycles. The zero-order valence-corrected chi connectivity index (χ0v) is 13.5. The second-order valence-electron chi connectivity index (χ2n) is 5.90. The topological polar surface area (TPSA) is 70.1 Å². The number of urea groups is 1. The summed E-state index contributed by atoms with van der Waals surface area (Å²) in [5, 5.41) is 9.39. The summed E-state index contributed by atoms with van der Waals surface area (Å²) in [7, 11) is 1.60. The van der Waals surface area contributed by atoms with E-state index in [0.717, 1.165) is 12.8 Å². The molecule has 0 aromatic heterocycles. The molecule has 0 aliphatic carbocycles. The van der Waals surface area contributed by atoms with Gasteiger partial charge >= 0.3 is 12.0 Å². The number of rotatable bonds is 6. The number of carbonyl (C=O) groups excluding carboxylic acids is 1. The third kappa shape index (κ3) is 4.59. The van der Waals surface area contributed by atoms with Crippen molar-refractivity contribution >= 4 is 12.0 Å². The van der Waals surface area contributed by atoms with Crippen molar-refractivity contribution in [1.82, 2.24) is 9.80 Å². The average molecular weight is 300 g/mol. The van der Waals surface area contributed by atoms with Crippen molar-refractivity contribution in [3.63, 3.8) is 0 Å². The molecule has 1 heterocycles. The number of ether oxygens (including phenoxy) is 1. The van der Waals surface area contributed by atoms with Gasteiger partial charge in [0.25, 0.3) is 0 Å². The molecule has 6 heteroatoms. The first-order chi connectivity index (χ1) is 9.92. The van der Waals surface area contributed by atoms with Crippen molar-refractivity contribution in [3.05, 3.63) is 0 Å². The lowest BCUT2D eigenvalue weighted by atomic mass is 9.92. The number of carboxylic acids is 1. The third-order valence-electron chi connectivity index (χ3n) is 4.30. The predicted molar refractivity (Wildman–Crippen MR) is 80.3 cm³/mol. The molecule has 1 aliphatic rings. The Morgan fingerprint density at radius 1 is 1.48 bits per heavy atom. The molecule has 1 saturated heterocycles. The summed E-state index contributed by atoms with van der Waals surface area (Å²) in [6.07, 6.45) is 2.21. The molecule has 1 rings (SSSR count). The van der Waals surface area contributed by atoms with Crippen LogP contribution in [-0.2, 0) is 9.53 Å². The van der Waals surface area contributed by atoms with Crippen molar-refractivity contribution < 1.29 is 19.4 Å². The number of nitrogens with zero attached hydrogens (tertiary/aromatic N) is 2. The molecule has 3 atom stereocenters. The van der Waals surface area contributed by atoms with Crippen LogP contribution in [0, 0.1) is 5.92 Å². The maximum Gasteiger partial charge on any atom is 0.326 e.